The Labute approximate surface area is 144 Å². The van der Waals surface area contributed by atoms with Gasteiger partial charge in [-0.2, -0.15) is 4.31 Å². The van der Waals surface area contributed by atoms with E-state index < -0.39 is 10.0 Å². The first-order valence-electron chi connectivity index (χ1n) is 7.98. The Hall–Kier alpha value is -1.98. The summed E-state index contributed by atoms with van der Waals surface area (Å²) < 4.78 is 27.5. The lowest BCUT2D eigenvalue weighted by atomic mass is 10.1. The molecule has 0 unspecified atom stereocenters. The van der Waals surface area contributed by atoms with Gasteiger partial charge in [0.1, 0.15) is 6.29 Å². The Morgan fingerprint density at radius 1 is 1.04 bits per heavy atom. The van der Waals surface area contributed by atoms with Crippen LogP contribution in [0.15, 0.2) is 59.5 Å². The molecule has 0 spiro atoms. The fraction of sp³-hybridized carbons (Fsp3) is 0.316. The van der Waals surface area contributed by atoms with Crippen molar-refractivity contribution in [3.8, 4) is 0 Å². The molecule has 4 nitrogen and oxygen atoms in total. The Bertz CT molecular complexity index is 755. The van der Waals surface area contributed by atoms with Crippen LogP contribution >= 0.6 is 0 Å². The van der Waals surface area contributed by atoms with Crippen LogP contribution in [0, 0.1) is 12.8 Å². The van der Waals surface area contributed by atoms with E-state index in [0.717, 1.165) is 17.4 Å². The van der Waals surface area contributed by atoms with E-state index in [4.69, 9.17) is 0 Å². The minimum atomic E-state index is -3.61. The SMILES string of the molecule is Cc1ccc(S(=O)(=O)N(Cc2ccccc2)C[C@H](C)CC=O)cc1. The van der Waals surface area contributed by atoms with Gasteiger partial charge in [0.15, 0.2) is 0 Å². The van der Waals surface area contributed by atoms with Gasteiger partial charge in [-0.3, -0.25) is 0 Å². The molecule has 1 atom stereocenters. The number of carbonyl (C=O) groups is 1. The van der Waals surface area contributed by atoms with Gasteiger partial charge in [0, 0.05) is 19.5 Å². The Morgan fingerprint density at radius 3 is 2.25 bits per heavy atom. The smallest absolute Gasteiger partial charge is 0.243 e. The van der Waals surface area contributed by atoms with Crippen LogP contribution in [-0.4, -0.2) is 25.6 Å². The molecule has 2 aromatic rings. The normalized spacial score (nSPS) is 13.0. The van der Waals surface area contributed by atoms with E-state index in [1.54, 1.807) is 24.3 Å². The molecule has 0 fully saturated rings. The summed E-state index contributed by atoms with van der Waals surface area (Å²) in [7, 11) is -3.61. The quantitative estimate of drug-likeness (QED) is 0.689. The van der Waals surface area contributed by atoms with E-state index in [1.807, 2.05) is 44.2 Å². The average Bonchev–Trinajstić information content (AvgIpc) is 2.56. The van der Waals surface area contributed by atoms with Crippen molar-refractivity contribution in [2.75, 3.05) is 6.54 Å². The van der Waals surface area contributed by atoms with Crippen LogP contribution in [-0.2, 0) is 21.4 Å². The topological polar surface area (TPSA) is 54.5 Å². The number of hydrogen-bond donors (Lipinski definition) is 0. The molecule has 0 radical (unpaired) electrons. The third-order valence-corrected chi connectivity index (χ3v) is 5.70. The average molecular weight is 345 g/mol. The molecule has 5 heteroatoms. The third kappa shape index (κ3) is 4.76. The van der Waals surface area contributed by atoms with E-state index in [2.05, 4.69) is 0 Å². The molecule has 0 aromatic heterocycles. The lowest BCUT2D eigenvalue weighted by Crippen LogP contribution is -2.34. The third-order valence-electron chi connectivity index (χ3n) is 3.87. The highest BCUT2D eigenvalue weighted by Gasteiger charge is 2.26. The van der Waals surface area contributed by atoms with Crippen LogP contribution in [0.2, 0.25) is 0 Å². The molecular weight excluding hydrogens is 322 g/mol. The maximum absolute atomic E-state index is 13.0. The fourth-order valence-electron chi connectivity index (χ4n) is 2.48. The van der Waals surface area contributed by atoms with E-state index in [-0.39, 0.29) is 10.8 Å². The van der Waals surface area contributed by atoms with Gasteiger partial charge in [0.25, 0.3) is 0 Å². The van der Waals surface area contributed by atoms with Crippen LogP contribution in [0.4, 0.5) is 0 Å². The summed E-state index contributed by atoms with van der Waals surface area (Å²) in [5.41, 5.74) is 1.93. The van der Waals surface area contributed by atoms with Crippen molar-refractivity contribution in [2.24, 2.45) is 5.92 Å². The lowest BCUT2D eigenvalue weighted by molar-refractivity contribution is -0.108. The largest absolute Gasteiger partial charge is 0.303 e. The highest BCUT2D eigenvalue weighted by molar-refractivity contribution is 7.89. The molecule has 0 saturated heterocycles. The molecule has 0 aliphatic carbocycles. The fourth-order valence-corrected chi connectivity index (χ4v) is 4.03. The second-order valence-corrected chi connectivity index (χ2v) is 8.04. The monoisotopic (exact) mass is 345 g/mol. The summed E-state index contributed by atoms with van der Waals surface area (Å²) in [5, 5.41) is 0. The van der Waals surface area contributed by atoms with Crippen molar-refractivity contribution >= 4 is 16.3 Å². The van der Waals surface area contributed by atoms with Crippen LogP contribution in [0.25, 0.3) is 0 Å². The number of nitrogens with zero attached hydrogens (tertiary/aromatic N) is 1. The minimum absolute atomic E-state index is 0.0357. The van der Waals surface area contributed by atoms with Crippen molar-refractivity contribution in [3.05, 3.63) is 65.7 Å². The van der Waals surface area contributed by atoms with Gasteiger partial charge < -0.3 is 4.79 Å². The molecule has 0 bridgehead atoms. The van der Waals surface area contributed by atoms with Gasteiger partial charge in [-0.05, 0) is 30.5 Å². The Balaban J connectivity index is 2.32. The van der Waals surface area contributed by atoms with Crippen molar-refractivity contribution in [3.63, 3.8) is 0 Å². The van der Waals surface area contributed by atoms with Crippen LogP contribution < -0.4 is 0 Å². The number of hydrogen-bond acceptors (Lipinski definition) is 3. The van der Waals surface area contributed by atoms with Crippen molar-refractivity contribution in [1.82, 2.24) is 4.31 Å². The van der Waals surface area contributed by atoms with Gasteiger partial charge in [-0.25, -0.2) is 8.42 Å². The number of rotatable bonds is 8. The Kier molecular flexibility index (Phi) is 6.29. The standard InChI is InChI=1S/C19H23NO3S/c1-16-8-10-19(11-9-16)24(22,23)20(14-17(2)12-13-21)15-18-6-4-3-5-7-18/h3-11,13,17H,12,14-15H2,1-2H3/t17-/m1/s1. The van der Waals surface area contributed by atoms with Gasteiger partial charge in [-0.15, -0.1) is 0 Å². The second kappa shape index (κ2) is 8.22. The molecule has 0 heterocycles. The molecule has 0 aliphatic heterocycles. The summed E-state index contributed by atoms with van der Waals surface area (Å²) in [4.78, 5) is 11.0. The highest BCUT2D eigenvalue weighted by atomic mass is 32.2. The van der Waals surface area contributed by atoms with Crippen LogP contribution in [0.5, 0.6) is 0 Å². The van der Waals surface area contributed by atoms with Gasteiger partial charge in [0.05, 0.1) is 4.90 Å². The van der Waals surface area contributed by atoms with Gasteiger partial charge in [0.2, 0.25) is 10.0 Å². The summed E-state index contributed by atoms with van der Waals surface area (Å²) in [6.07, 6.45) is 1.18. The van der Waals surface area contributed by atoms with Gasteiger partial charge >= 0.3 is 0 Å². The molecule has 0 saturated carbocycles. The predicted molar refractivity (Wildman–Crippen MR) is 95.1 cm³/mol. The first kappa shape index (κ1) is 18.4. The van der Waals surface area contributed by atoms with E-state index >= 15 is 0 Å². The highest BCUT2D eigenvalue weighted by Crippen LogP contribution is 2.21. The molecule has 2 rings (SSSR count). The number of aryl methyl sites for hydroxylation is 1. The molecule has 24 heavy (non-hydrogen) atoms. The van der Waals surface area contributed by atoms with Gasteiger partial charge in [-0.1, -0.05) is 55.0 Å². The van der Waals surface area contributed by atoms with E-state index in [0.29, 0.717) is 19.5 Å². The molecule has 0 amide bonds. The minimum Gasteiger partial charge on any atom is -0.303 e. The summed E-state index contributed by atoms with van der Waals surface area (Å²) in [5.74, 6) is -0.0357. The molecule has 128 valence electrons. The van der Waals surface area contributed by atoms with Crippen molar-refractivity contribution in [1.29, 1.82) is 0 Å². The summed E-state index contributed by atoms with van der Waals surface area (Å²) >= 11 is 0. The Morgan fingerprint density at radius 2 is 1.67 bits per heavy atom. The zero-order chi connectivity index (χ0) is 17.6. The van der Waals surface area contributed by atoms with Crippen LogP contribution in [0.3, 0.4) is 0 Å². The molecule has 0 aliphatic rings. The first-order valence-corrected chi connectivity index (χ1v) is 9.42. The molecule has 2 aromatic carbocycles. The summed E-state index contributed by atoms with van der Waals surface area (Å²) in [6, 6.07) is 16.3. The molecular formula is C19H23NO3S. The van der Waals surface area contributed by atoms with Crippen molar-refractivity contribution in [2.45, 2.75) is 31.7 Å². The number of sulfonamides is 1. The first-order chi connectivity index (χ1) is 11.4. The lowest BCUT2D eigenvalue weighted by Gasteiger charge is -2.25. The second-order valence-electron chi connectivity index (χ2n) is 6.10. The maximum Gasteiger partial charge on any atom is 0.243 e. The maximum atomic E-state index is 13.0. The zero-order valence-corrected chi connectivity index (χ0v) is 14.9. The van der Waals surface area contributed by atoms with Crippen LogP contribution in [0.1, 0.15) is 24.5 Å². The number of carbonyl (C=O) groups excluding carboxylic acids is 1. The predicted octanol–water partition coefficient (Wildman–Crippen LogP) is 3.41. The number of benzene rings is 2. The zero-order valence-electron chi connectivity index (χ0n) is 14.1. The number of aldehydes is 1. The van der Waals surface area contributed by atoms with E-state index in [1.165, 1.54) is 4.31 Å². The van der Waals surface area contributed by atoms with E-state index in [9.17, 15) is 13.2 Å². The van der Waals surface area contributed by atoms with Crippen molar-refractivity contribution < 1.29 is 13.2 Å². The summed E-state index contributed by atoms with van der Waals surface area (Å²) in [6.45, 7) is 4.41. The molecule has 0 N–H and O–H groups in total.